The van der Waals surface area contributed by atoms with Gasteiger partial charge in [-0.15, -0.1) is 0 Å². The van der Waals surface area contributed by atoms with Crippen LogP contribution in [0, 0.1) is 58.0 Å². The van der Waals surface area contributed by atoms with Crippen molar-refractivity contribution in [1.29, 1.82) is 0 Å². The van der Waals surface area contributed by atoms with Gasteiger partial charge in [0, 0.05) is 13.0 Å². The van der Waals surface area contributed by atoms with Crippen LogP contribution in [-0.2, 0) is 9.53 Å². The standard InChI is InChI=1S/C29H43F2N3O2/c1-17-10-13-29(16-36-3)18(14-17)4-5-19-20-6-7-22(28(20,2)12-11-21(19)29)25(35)15-34(33)27-24(32)9-8-23(30)26(27)31/h8-9,17-22H,4-7,10-16,32-33H2,1-3H3. The number of fused-ring (bicyclic) bond motifs is 5. The van der Waals surface area contributed by atoms with Gasteiger partial charge in [0.15, 0.2) is 17.4 Å². The van der Waals surface area contributed by atoms with Gasteiger partial charge in [0.1, 0.15) is 5.69 Å². The second-order valence-corrected chi connectivity index (χ2v) is 12.8. The number of carbonyl (C=O) groups excluding carboxylic acids is 1. The number of methoxy groups -OCH3 is 1. The van der Waals surface area contributed by atoms with Crippen molar-refractivity contribution in [3.05, 3.63) is 23.8 Å². The average molecular weight is 504 g/mol. The minimum atomic E-state index is -1.11. The third-order valence-corrected chi connectivity index (χ3v) is 11.1. The first-order valence-electron chi connectivity index (χ1n) is 13.9. The molecule has 4 aliphatic rings. The molecular formula is C29H43F2N3O2. The van der Waals surface area contributed by atoms with Gasteiger partial charge in [-0.25, -0.2) is 14.6 Å². The van der Waals surface area contributed by atoms with E-state index in [-0.39, 0.29) is 40.5 Å². The molecule has 0 heterocycles. The van der Waals surface area contributed by atoms with Gasteiger partial charge >= 0.3 is 0 Å². The summed E-state index contributed by atoms with van der Waals surface area (Å²) in [6, 6.07) is 2.26. The molecular weight excluding hydrogens is 460 g/mol. The van der Waals surface area contributed by atoms with Crippen molar-refractivity contribution in [3.63, 3.8) is 0 Å². The number of anilines is 2. The van der Waals surface area contributed by atoms with Crippen molar-refractivity contribution < 1.29 is 18.3 Å². The second-order valence-electron chi connectivity index (χ2n) is 12.8. The number of Topliss-reactive ketones (excluding diaryl/α,β-unsaturated/α-hetero) is 1. The van der Waals surface area contributed by atoms with E-state index in [1.165, 1.54) is 38.2 Å². The molecule has 4 aliphatic carbocycles. The number of carbonyl (C=O) groups is 1. The Kier molecular flexibility index (Phi) is 6.86. The molecule has 5 rings (SSSR count). The molecule has 1 aromatic carbocycles. The molecule has 0 radical (unpaired) electrons. The van der Waals surface area contributed by atoms with Gasteiger partial charge < -0.3 is 10.5 Å². The van der Waals surface area contributed by atoms with E-state index in [1.807, 2.05) is 7.11 Å². The Hall–Kier alpha value is -1.73. The van der Waals surface area contributed by atoms with E-state index in [1.54, 1.807) is 0 Å². The van der Waals surface area contributed by atoms with Crippen molar-refractivity contribution >= 4 is 17.2 Å². The van der Waals surface area contributed by atoms with Gasteiger partial charge in [-0.3, -0.25) is 9.80 Å². The quantitative estimate of drug-likeness (QED) is 0.295. The number of nitrogens with two attached hydrogens (primary N) is 2. The summed E-state index contributed by atoms with van der Waals surface area (Å²) >= 11 is 0. The molecule has 7 heteroatoms. The van der Waals surface area contributed by atoms with Gasteiger partial charge in [-0.2, -0.15) is 0 Å². The third-order valence-electron chi connectivity index (χ3n) is 11.1. The number of hydrogen-bond donors (Lipinski definition) is 2. The van der Waals surface area contributed by atoms with E-state index in [0.717, 1.165) is 55.2 Å². The minimum Gasteiger partial charge on any atom is -0.397 e. The molecule has 4 fully saturated rings. The zero-order valence-corrected chi connectivity index (χ0v) is 22.1. The highest BCUT2D eigenvalue weighted by Crippen LogP contribution is 2.68. The molecule has 200 valence electrons. The van der Waals surface area contributed by atoms with Crippen molar-refractivity contribution in [2.24, 2.45) is 52.2 Å². The van der Waals surface area contributed by atoms with E-state index < -0.39 is 11.6 Å². The maximum atomic E-state index is 14.4. The fourth-order valence-electron chi connectivity index (χ4n) is 9.55. The molecule has 4 saturated carbocycles. The molecule has 5 nitrogen and oxygen atoms in total. The predicted molar refractivity (Wildman–Crippen MR) is 138 cm³/mol. The van der Waals surface area contributed by atoms with E-state index in [2.05, 4.69) is 13.8 Å². The van der Waals surface area contributed by atoms with Crippen LogP contribution in [0.15, 0.2) is 12.1 Å². The molecule has 36 heavy (non-hydrogen) atoms. The Morgan fingerprint density at radius 1 is 1.11 bits per heavy atom. The highest BCUT2D eigenvalue weighted by atomic mass is 19.2. The highest BCUT2D eigenvalue weighted by molar-refractivity contribution is 5.87. The first kappa shape index (κ1) is 25.9. The third kappa shape index (κ3) is 3.96. The topological polar surface area (TPSA) is 81.6 Å². The first-order valence-corrected chi connectivity index (χ1v) is 13.9. The molecule has 0 saturated heterocycles. The normalized spacial score (nSPS) is 39.7. The summed E-state index contributed by atoms with van der Waals surface area (Å²) in [5.74, 6) is 7.23. The minimum absolute atomic E-state index is 0.00999. The van der Waals surface area contributed by atoms with Crippen molar-refractivity contribution in [3.8, 4) is 0 Å². The number of halogens is 2. The Labute approximate surface area is 214 Å². The number of nitrogen functional groups attached to an aromatic ring is 1. The lowest BCUT2D eigenvalue weighted by Gasteiger charge is -2.62. The smallest absolute Gasteiger partial charge is 0.185 e. The first-order chi connectivity index (χ1) is 17.1. The van der Waals surface area contributed by atoms with E-state index >= 15 is 0 Å². The number of benzene rings is 1. The van der Waals surface area contributed by atoms with E-state index in [9.17, 15) is 13.6 Å². The van der Waals surface area contributed by atoms with Gasteiger partial charge in [0.2, 0.25) is 0 Å². The van der Waals surface area contributed by atoms with Crippen LogP contribution in [-0.4, -0.2) is 26.0 Å². The van der Waals surface area contributed by atoms with Crippen LogP contribution in [0.1, 0.15) is 71.6 Å². The number of rotatable bonds is 6. The number of hydrazine groups is 1. The fraction of sp³-hybridized carbons (Fsp3) is 0.759. The Balaban J connectivity index is 1.35. The molecule has 0 amide bonds. The molecule has 8 unspecified atom stereocenters. The van der Waals surface area contributed by atoms with Crippen LogP contribution < -0.4 is 16.6 Å². The summed E-state index contributed by atoms with van der Waals surface area (Å²) in [5, 5.41) is 1.00. The summed E-state index contributed by atoms with van der Waals surface area (Å²) in [5.41, 5.74) is 5.88. The maximum absolute atomic E-state index is 14.4. The number of hydrogen-bond acceptors (Lipinski definition) is 5. The zero-order chi connectivity index (χ0) is 25.8. The number of nitrogens with zero attached hydrogens (tertiary/aromatic N) is 1. The zero-order valence-electron chi connectivity index (χ0n) is 22.1. The summed E-state index contributed by atoms with van der Waals surface area (Å²) < 4.78 is 34.1. The molecule has 0 aliphatic heterocycles. The second kappa shape index (κ2) is 9.54. The molecule has 4 N–H and O–H groups in total. The summed E-state index contributed by atoms with van der Waals surface area (Å²) in [4.78, 5) is 13.6. The van der Waals surface area contributed by atoms with Crippen LogP contribution >= 0.6 is 0 Å². The van der Waals surface area contributed by atoms with Gasteiger partial charge in [-0.1, -0.05) is 20.3 Å². The molecule has 8 atom stereocenters. The molecule has 0 bridgehead atoms. The van der Waals surface area contributed by atoms with Gasteiger partial charge in [-0.05, 0) is 104 Å². The summed E-state index contributed by atoms with van der Waals surface area (Å²) in [7, 11) is 1.86. The summed E-state index contributed by atoms with van der Waals surface area (Å²) in [6.45, 7) is 5.40. The monoisotopic (exact) mass is 503 g/mol. The lowest BCUT2D eigenvalue weighted by Crippen LogP contribution is -2.56. The van der Waals surface area contributed by atoms with Crippen molar-refractivity contribution in [2.75, 3.05) is 31.0 Å². The van der Waals surface area contributed by atoms with E-state index in [4.69, 9.17) is 16.3 Å². The Bertz CT molecular complexity index is 1000. The highest BCUT2D eigenvalue weighted by Gasteiger charge is 2.62. The van der Waals surface area contributed by atoms with Gasteiger partial charge in [0.25, 0.3) is 0 Å². The maximum Gasteiger partial charge on any atom is 0.185 e. The Morgan fingerprint density at radius 2 is 1.89 bits per heavy atom. The SMILES string of the molecule is COCC12CCC(C)CC1CCC1C3CCC(C(=O)CN(N)c4c(N)ccc(F)c4F)C3(C)CCC12. The number of ketones is 1. The van der Waals surface area contributed by atoms with Gasteiger partial charge in [0.05, 0.1) is 18.8 Å². The molecule has 0 aromatic heterocycles. The van der Waals surface area contributed by atoms with Crippen molar-refractivity contribution in [1.82, 2.24) is 0 Å². The average Bonchev–Trinajstić information content (AvgIpc) is 3.19. The predicted octanol–water partition coefficient (Wildman–Crippen LogP) is 5.72. The van der Waals surface area contributed by atoms with Crippen LogP contribution in [0.2, 0.25) is 0 Å². The van der Waals surface area contributed by atoms with Crippen LogP contribution in [0.5, 0.6) is 0 Å². The van der Waals surface area contributed by atoms with Crippen LogP contribution in [0.3, 0.4) is 0 Å². The van der Waals surface area contributed by atoms with Crippen LogP contribution in [0.25, 0.3) is 0 Å². The number of ether oxygens (including phenoxy) is 1. The fourth-order valence-corrected chi connectivity index (χ4v) is 9.55. The summed E-state index contributed by atoms with van der Waals surface area (Å²) in [6.07, 6.45) is 10.5. The van der Waals surface area contributed by atoms with Crippen LogP contribution in [0.4, 0.5) is 20.2 Å². The van der Waals surface area contributed by atoms with Crippen molar-refractivity contribution in [2.45, 2.75) is 71.6 Å². The largest absolute Gasteiger partial charge is 0.397 e. The lowest BCUT2D eigenvalue weighted by molar-refractivity contribution is -0.154. The lowest BCUT2D eigenvalue weighted by atomic mass is 9.44. The molecule has 0 spiro atoms. The molecule has 1 aromatic rings. The van der Waals surface area contributed by atoms with E-state index in [0.29, 0.717) is 17.8 Å². The Morgan fingerprint density at radius 3 is 2.64 bits per heavy atom.